The number of aromatic amines is 1. The van der Waals surface area contributed by atoms with Gasteiger partial charge in [0.15, 0.2) is 11.4 Å². The number of hydrogen-bond acceptors (Lipinski definition) is 5. The van der Waals surface area contributed by atoms with Crippen LogP contribution in [0, 0.1) is 12.8 Å². The molecule has 0 aliphatic carbocycles. The van der Waals surface area contributed by atoms with Gasteiger partial charge in [0, 0.05) is 7.05 Å². The summed E-state index contributed by atoms with van der Waals surface area (Å²) in [5.41, 5.74) is 4.28. The van der Waals surface area contributed by atoms with Crippen LogP contribution < -0.4 is 5.32 Å². The van der Waals surface area contributed by atoms with E-state index in [0.29, 0.717) is 22.7 Å². The lowest BCUT2D eigenvalue weighted by Crippen LogP contribution is -2.32. The molecular formula is C24H24N6O2. The molecule has 2 N–H and O–H groups in total. The Morgan fingerprint density at radius 2 is 1.97 bits per heavy atom. The third kappa shape index (κ3) is 3.33. The zero-order chi connectivity index (χ0) is 22.4. The van der Waals surface area contributed by atoms with E-state index in [9.17, 15) is 4.79 Å². The van der Waals surface area contributed by atoms with Gasteiger partial charge in [0.2, 0.25) is 0 Å². The highest BCUT2D eigenvalue weighted by Crippen LogP contribution is 2.29. The lowest BCUT2D eigenvalue weighted by atomic mass is 10.0. The van der Waals surface area contributed by atoms with E-state index in [2.05, 4.69) is 29.2 Å². The largest absolute Gasteiger partial charge is 0.463 e. The summed E-state index contributed by atoms with van der Waals surface area (Å²) in [6.07, 6.45) is 1.59. The van der Waals surface area contributed by atoms with E-state index in [1.807, 2.05) is 44.3 Å². The van der Waals surface area contributed by atoms with Crippen molar-refractivity contribution in [3.63, 3.8) is 0 Å². The number of fused-ring (bicyclic) bond motifs is 2. The van der Waals surface area contributed by atoms with Crippen molar-refractivity contribution in [1.82, 2.24) is 30.0 Å². The molecule has 4 aromatic heterocycles. The van der Waals surface area contributed by atoms with Gasteiger partial charge in [0.1, 0.15) is 11.5 Å². The summed E-state index contributed by atoms with van der Waals surface area (Å²) < 4.78 is 7.22. The van der Waals surface area contributed by atoms with Crippen molar-refractivity contribution < 1.29 is 9.21 Å². The number of aromatic nitrogens is 5. The van der Waals surface area contributed by atoms with Crippen LogP contribution in [0.4, 0.5) is 0 Å². The molecule has 0 saturated heterocycles. The van der Waals surface area contributed by atoms with Crippen LogP contribution in [-0.4, -0.2) is 30.6 Å². The second-order valence-corrected chi connectivity index (χ2v) is 8.27. The Morgan fingerprint density at radius 1 is 1.16 bits per heavy atom. The maximum atomic E-state index is 13.6. The average Bonchev–Trinajstić information content (AvgIpc) is 3.50. The molecule has 0 unspecified atom stereocenters. The number of nitrogens with one attached hydrogen (secondary N) is 2. The summed E-state index contributed by atoms with van der Waals surface area (Å²) in [7, 11) is 1.82. The molecule has 4 heterocycles. The van der Waals surface area contributed by atoms with Crippen molar-refractivity contribution in [2.45, 2.75) is 26.8 Å². The SMILES string of the molecule is Cc1nn(C)c2nc(-c3ccco3)cc(C(=O)N[C@H](c3nc4ccccc4[nH]3)C(C)C)c12. The van der Waals surface area contributed by atoms with Crippen molar-refractivity contribution in [2.24, 2.45) is 13.0 Å². The normalized spacial score (nSPS) is 12.7. The first kappa shape index (κ1) is 20.0. The highest BCUT2D eigenvalue weighted by Gasteiger charge is 2.26. The fourth-order valence-corrected chi connectivity index (χ4v) is 4.06. The average molecular weight is 428 g/mol. The molecule has 8 nitrogen and oxygen atoms in total. The lowest BCUT2D eigenvalue weighted by Gasteiger charge is -2.21. The number of benzene rings is 1. The molecule has 1 aromatic carbocycles. The minimum Gasteiger partial charge on any atom is -0.463 e. The molecule has 0 aliphatic heterocycles. The molecule has 32 heavy (non-hydrogen) atoms. The summed E-state index contributed by atoms with van der Waals surface area (Å²) in [6.45, 7) is 6.00. The standard InChI is InChI=1S/C24H24N6O2/c1-13(2)21(22-25-16-8-5-6-9-17(16)26-22)28-24(31)15-12-18(19-10-7-11-32-19)27-23-20(15)14(3)29-30(23)4/h5-13,21H,1-4H3,(H,25,26)(H,28,31)/t21-/m0/s1. The van der Waals surface area contributed by atoms with Gasteiger partial charge >= 0.3 is 0 Å². The molecule has 0 spiro atoms. The number of nitrogens with zero attached hydrogens (tertiary/aromatic N) is 4. The molecule has 0 radical (unpaired) electrons. The number of amides is 1. The van der Waals surface area contributed by atoms with E-state index >= 15 is 0 Å². The first-order valence-corrected chi connectivity index (χ1v) is 10.6. The Labute approximate surface area is 184 Å². The van der Waals surface area contributed by atoms with Crippen LogP contribution in [0.5, 0.6) is 0 Å². The molecule has 1 amide bonds. The number of hydrogen-bond donors (Lipinski definition) is 2. The van der Waals surface area contributed by atoms with Crippen LogP contribution in [0.1, 0.15) is 41.8 Å². The van der Waals surface area contributed by atoms with Gasteiger partial charge in [-0.05, 0) is 43.2 Å². The fourth-order valence-electron chi connectivity index (χ4n) is 4.06. The molecule has 162 valence electrons. The maximum Gasteiger partial charge on any atom is 0.252 e. The van der Waals surface area contributed by atoms with E-state index in [1.54, 1.807) is 23.1 Å². The molecular weight excluding hydrogens is 404 g/mol. The molecule has 5 aromatic rings. The predicted molar refractivity (Wildman–Crippen MR) is 122 cm³/mol. The van der Waals surface area contributed by atoms with E-state index in [1.165, 1.54) is 0 Å². The summed E-state index contributed by atoms with van der Waals surface area (Å²) >= 11 is 0. The molecule has 0 aliphatic rings. The summed E-state index contributed by atoms with van der Waals surface area (Å²) in [6, 6.07) is 12.9. The Kier molecular flexibility index (Phi) is 4.77. The Hall–Kier alpha value is -3.94. The zero-order valence-corrected chi connectivity index (χ0v) is 18.4. The van der Waals surface area contributed by atoms with Gasteiger partial charge in [0.25, 0.3) is 5.91 Å². The van der Waals surface area contributed by atoms with Crippen molar-refractivity contribution in [3.05, 3.63) is 65.8 Å². The zero-order valence-electron chi connectivity index (χ0n) is 18.4. The van der Waals surface area contributed by atoms with E-state index in [-0.39, 0.29) is 17.9 Å². The van der Waals surface area contributed by atoms with Gasteiger partial charge in [-0.3, -0.25) is 9.48 Å². The smallest absolute Gasteiger partial charge is 0.252 e. The third-order valence-corrected chi connectivity index (χ3v) is 5.64. The van der Waals surface area contributed by atoms with Gasteiger partial charge < -0.3 is 14.7 Å². The first-order valence-electron chi connectivity index (χ1n) is 10.6. The molecule has 0 saturated carbocycles. The number of furan rings is 1. The van der Waals surface area contributed by atoms with Gasteiger partial charge in [-0.15, -0.1) is 0 Å². The molecule has 5 rings (SSSR count). The van der Waals surface area contributed by atoms with Gasteiger partial charge in [-0.1, -0.05) is 26.0 Å². The number of para-hydroxylation sites is 2. The van der Waals surface area contributed by atoms with Crippen LogP contribution >= 0.6 is 0 Å². The van der Waals surface area contributed by atoms with Crippen LogP contribution in [0.25, 0.3) is 33.5 Å². The topological polar surface area (TPSA) is 102 Å². The van der Waals surface area contributed by atoms with Crippen LogP contribution in [0.15, 0.2) is 53.1 Å². The lowest BCUT2D eigenvalue weighted by molar-refractivity contribution is 0.0925. The van der Waals surface area contributed by atoms with Crippen molar-refractivity contribution >= 4 is 28.0 Å². The van der Waals surface area contributed by atoms with Crippen LogP contribution in [-0.2, 0) is 7.05 Å². The number of pyridine rings is 1. The molecule has 0 bridgehead atoms. The van der Waals surface area contributed by atoms with Crippen LogP contribution in [0.3, 0.4) is 0 Å². The number of aryl methyl sites for hydroxylation is 2. The van der Waals surface area contributed by atoms with Crippen molar-refractivity contribution in [2.75, 3.05) is 0 Å². The Balaban J connectivity index is 1.58. The van der Waals surface area contributed by atoms with Crippen molar-refractivity contribution in [3.8, 4) is 11.5 Å². The Bertz CT molecular complexity index is 1400. The fraction of sp³-hybridized carbons (Fsp3) is 0.250. The first-order chi connectivity index (χ1) is 15.4. The van der Waals surface area contributed by atoms with Gasteiger partial charge in [-0.2, -0.15) is 5.10 Å². The van der Waals surface area contributed by atoms with E-state index in [0.717, 1.165) is 27.9 Å². The molecule has 0 fully saturated rings. The van der Waals surface area contributed by atoms with E-state index < -0.39 is 0 Å². The quantitative estimate of drug-likeness (QED) is 0.428. The number of rotatable bonds is 5. The number of carbonyl (C=O) groups is 1. The third-order valence-electron chi connectivity index (χ3n) is 5.64. The Morgan fingerprint density at radius 3 is 2.69 bits per heavy atom. The minimum atomic E-state index is -0.290. The number of H-pyrrole nitrogens is 1. The summed E-state index contributed by atoms with van der Waals surface area (Å²) in [4.78, 5) is 26.3. The van der Waals surface area contributed by atoms with Gasteiger partial charge in [0.05, 0.1) is 40.0 Å². The number of imidazole rings is 1. The van der Waals surface area contributed by atoms with Gasteiger partial charge in [-0.25, -0.2) is 9.97 Å². The second kappa shape index (κ2) is 7.64. The van der Waals surface area contributed by atoms with E-state index in [4.69, 9.17) is 14.4 Å². The predicted octanol–water partition coefficient (Wildman–Crippen LogP) is 4.54. The van der Waals surface area contributed by atoms with Crippen LogP contribution in [0.2, 0.25) is 0 Å². The van der Waals surface area contributed by atoms with Crippen molar-refractivity contribution in [1.29, 1.82) is 0 Å². The number of carbonyl (C=O) groups excluding carboxylic acids is 1. The maximum absolute atomic E-state index is 13.6. The second-order valence-electron chi connectivity index (χ2n) is 8.27. The highest BCUT2D eigenvalue weighted by molar-refractivity contribution is 6.07. The molecule has 1 atom stereocenters. The minimum absolute atomic E-state index is 0.122. The molecule has 8 heteroatoms. The highest BCUT2D eigenvalue weighted by atomic mass is 16.3. The summed E-state index contributed by atoms with van der Waals surface area (Å²) in [5.74, 6) is 1.24. The summed E-state index contributed by atoms with van der Waals surface area (Å²) in [5, 5.41) is 8.39. The monoisotopic (exact) mass is 428 g/mol.